The first kappa shape index (κ1) is 30.0. The van der Waals surface area contributed by atoms with Crippen molar-refractivity contribution in [1.29, 1.82) is 0 Å². The zero-order chi connectivity index (χ0) is 30.5. The average Bonchev–Trinajstić information content (AvgIpc) is 2.95. The summed E-state index contributed by atoms with van der Waals surface area (Å²) < 4.78 is 28.3. The number of rotatable bonds is 6. The van der Waals surface area contributed by atoms with E-state index in [2.05, 4.69) is 0 Å². The summed E-state index contributed by atoms with van der Waals surface area (Å²) in [6, 6.07) is 7.08. The van der Waals surface area contributed by atoms with Crippen LogP contribution in [0.25, 0.3) is 22.3 Å². The predicted octanol–water partition coefficient (Wildman–Crippen LogP) is -1.39. The highest BCUT2D eigenvalue weighted by atomic mass is 16.8. The molecule has 10 atom stereocenters. The van der Waals surface area contributed by atoms with Crippen LogP contribution in [0.5, 0.6) is 23.0 Å². The highest BCUT2D eigenvalue weighted by Gasteiger charge is 2.50. The second-order valence-corrected chi connectivity index (χ2v) is 10.1. The molecule has 2 saturated heterocycles. The third-order valence-electron chi connectivity index (χ3n) is 7.22. The van der Waals surface area contributed by atoms with Crippen molar-refractivity contribution >= 4 is 11.0 Å². The molecule has 228 valence electrons. The summed E-state index contributed by atoms with van der Waals surface area (Å²) in [5.74, 6) is -1.60. The van der Waals surface area contributed by atoms with Crippen LogP contribution in [0.2, 0.25) is 0 Å². The van der Waals surface area contributed by atoms with Crippen molar-refractivity contribution < 1.29 is 69.3 Å². The maximum absolute atomic E-state index is 12.8. The van der Waals surface area contributed by atoms with Gasteiger partial charge >= 0.3 is 0 Å². The van der Waals surface area contributed by atoms with Crippen LogP contribution in [0.15, 0.2) is 45.6 Å². The molecule has 0 bridgehead atoms. The van der Waals surface area contributed by atoms with Gasteiger partial charge in [0.15, 0.2) is 29.3 Å². The number of aliphatic hydroxyl groups excluding tert-OH is 6. The molecule has 1 aromatic heterocycles. The van der Waals surface area contributed by atoms with Gasteiger partial charge in [-0.2, -0.15) is 0 Å². The number of hydrogen-bond acceptors (Lipinski definition) is 15. The van der Waals surface area contributed by atoms with E-state index in [1.807, 2.05) is 0 Å². The van der Waals surface area contributed by atoms with Crippen LogP contribution in [-0.2, 0) is 14.2 Å². The summed E-state index contributed by atoms with van der Waals surface area (Å²) in [6.45, 7) is 0.671. The van der Waals surface area contributed by atoms with Crippen LogP contribution in [0.4, 0.5) is 0 Å². The van der Waals surface area contributed by atoms with Crippen molar-refractivity contribution in [2.24, 2.45) is 0 Å². The third-order valence-corrected chi connectivity index (χ3v) is 7.22. The van der Waals surface area contributed by atoms with Crippen LogP contribution < -0.4 is 10.2 Å². The minimum atomic E-state index is -1.78. The lowest BCUT2D eigenvalue weighted by Gasteiger charge is -2.45. The van der Waals surface area contributed by atoms with Gasteiger partial charge in [0.25, 0.3) is 0 Å². The molecule has 2 aliphatic heterocycles. The number of aliphatic hydroxyl groups is 6. The summed E-state index contributed by atoms with van der Waals surface area (Å²) in [5.41, 5.74) is -0.575. The fourth-order valence-corrected chi connectivity index (χ4v) is 4.84. The van der Waals surface area contributed by atoms with E-state index in [1.54, 1.807) is 0 Å². The molecule has 2 aromatic carbocycles. The van der Waals surface area contributed by atoms with E-state index in [0.717, 1.165) is 18.2 Å². The molecule has 5 rings (SSSR count). The van der Waals surface area contributed by atoms with Crippen molar-refractivity contribution in [3.05, 3.63) is 46.6 Å². The fourth-order valence-electron chi connectivity index (χ4n) is 4.84. The average molecular weight is 595 g/mol. The molecule has 15 heteroatoms. The largest absolute Gasteiger partial charge is 0.507 e. The van der Waals surface area contributed by atoms with Crippen molar-refractivity contribution in [2.45, 2.75) is 68.3 Å². The Balaban J connectivity index is 1.48. The Kier molecular flexibility index (Phi) is 8.30. The lowest BCUT2D eigenvalue weighted by Crippen LogP contribution is -2.64. The zero-order valence-corrected chi connectivity index (χ0v) is 21.9. The minimum absolute atomic E-state index is 0.0216. The van der Waals surface area contributed by atoms with Gasteiger partial charge in [-0.25, -0.2) is 0 Å². The Hall–Kier alpha value is -3.51. The van der Waals surface area contributed by atoms with Crippen molar-refractivity contribution in [3.8, 4) is 34.3 Å². The Bertz CT molecular complexity index is 1490. The van der Waals surface area contributed by atoms with Gasteiger partial charge in [0.05, 0.1) is 12.7 Å². The fraction of sp³-hybridized carbons (Fsp3) is 0.444. The van der Waals surface area contributed by atoms with E-state index < -0.39 is 84.9 Å². The van der Waals surface area contributed by atoms with Gasteiger partial charge in [-0.3, -0.25) is 4.79 Å². The van der Waals surface area contributed by atoms with Gasteiger partial charge in [0, 0.05) is 23.8 Å². The standard InChI is InChI=1S/C27H30O15/c1-9-20(33)22(35)24(37)26(38-9)42-25-23(36)21(34)18(8-28)41-27(25)39-11-5-14(31)19-15(32)7-16(40-17(19)6-11)10-2-3-12(29)13(30)4-10/h2-7,9,18,20-31,33-37H,8H2,1H3/t9-,18+,20-,21+,22+,23-,24+,25+,26+,27+/m0/s1. The molecule has 2 fully saturated rings. The first-order valence-electron chi connectivity index (χ1n) is 12.9. The number of fused-ring (bicyclic) bond motifs is 1. The maximum atomic E-state index is 12.8. The number of phenolic OH excluding ortho intramolecular Hbond substituents is 3. The molecule has 3 heterocycles. The second kappa shape index (κ2) is 11.6. The van der Waals surface area contributed by atoms with Crippen LogP contribution in [0, 0.1) is 0 Å². The second-order valence-electron chi connectivity index (χ2n) is 10.1. The predicted molar refractivity (Wildman–Crippen MR) is 139 cm³/mol. The van der Waals surface area contributed by atoms with E-state index >= 15 is 0 Å². The summed E-state index contributed by atoms with van der Waals surface area (Å²) >= 11 is 0. The molecule has 15 nitrogen and oxygen atoms in total. The number of phenols is 3. The van der Waals surface area contributed by atoms with Gasteiger partial charge in [-0.05, 0) is 25.1 Å². The normalized spacial score (nSPS) is 33.5. The summed E-state index contributed by atoms with van der Waals surface area (Å²) in [7, 11) is 0. The van der Waals surface area contributed by atoms with Crippen LogP contribution in [0.1, 0.15) is 6.92 Å². The first-order valence-corrected chi connectivity index (χ1v) is 12.9. The molecule has 9 N–H and O–H groups in total. The molecule has 0 saturated carbocycles. The quantitative estimate of drug-likeness (QED) is 0.149. The van der Waals surface area contributed by atoms with E-state index in [0.29, 0.717) is 0 Å². The van der Waals surface area contributed by atoms with Crippen molar-refractivity contribution in [1.82, 2.24) is 0 Å². The van der Waals surface area contributed by atoms with E-state index in [4.69, 9.17) is 23.4 Å². The Labute approximate surface area is 236 Å². The number of aromatic hydroxyl groups is 3. The Morgan fingerprint density at radius 1 is 0.786 bits per heavy atom. The van der Waals surface area contributed by atoms with Gasteiger partial charge in [0.2, 0.25) is 6.29 Å². The number of ether oxygens (including phenoxy) is 4. The zero-order valence-electron chi connectivity index (χ0n) is 21.9. The van der Waals surface area contributed by atoms with E-state index in [1.165, 1.54) is 25.1 Å². The van der Waals surface area contributed by atoms with Crippen LogP contribution >= 0.6 is 0 Å². The Morgan fingerprint density at radius 2 is 1.52 bits per heavy atom. The topological polar surface area (TPSA) is 249 Å². The summed E-state index contributed by atoms with van der Waals surface area (Å²) in [5, 5.41) is 91.2. The summed E-state index contributed by atoms with van der Waals surface area (Å²) in [4.78, 5) is 12.8. The summed E-state index contributed by atoms with van der Waals surface area (Å²) in [6.07, 6.45) is -15.5. The molecular formula is C27H30O15. The molecule has 0 unspecified atom stereocenters. The molecule has 0 amide bonds. The highest BCUT2D eigenvalue weighted by molar-refractivity contribution is 5.86. The highest BCUT2D eigenvalue weighted by Crippen LogP contribution is 2.36. The number of hydrogen-bond donors (Lipinski definition) is 9. The third kappa shape index (κ3) is 5.49. The van der Waals surface area contributed by atoms with Crippen molar-refractivity contribution in [2.75, 3.05) is 6.61 Å². The lowest BCUT2D eigenvalue weighted by atomic mass is 9.97. The molecular weight excluding hydrogens is 564 g/mol. The molecule has 42 heavy (non-hydrogen) atoms. The van der Waals surface area contributed by atoms with Gasteiger partial charge in [-0.1, -0.05) is 0 Å². The van der Waals surface area contributed by atoms with Gasteiger partial charge in [-0.15, -0.1) is 0 Å². The monoisotopic (exact) mass is 594 g/mol. The van der Waals surface area contributed by atoms with Gasteiger partial charge in [0.1, 0.15) is 64.9 Å². The Morgan fingerprint density at radius 3 is 2.21 bits per heavy atom. The SMILES string of the molecule is C[C@@H]1O[C@H](O[C@H]2[C@H](Oc3cc(O)c4c(=O)cc(-c5ccc(O)c(O)c5)oc4c3)O[C@H](CO)[C@@H](O)[C@@H]2O)[C@H](O)[C@H](O)[C@H]1O. The molecule has 0 radical (unpaired) electrons. The minimum Gasteiger partial charge on any atom is -0.507 e. The molecule has 0 aliphatic carbocycles. The molecule has 0 spiro atoms. The van der Waals surface area contributed by atoms with Crippen LogP contribution in [-0.4, -0.2) is 114 Å². The van der Waals surface area contributed by atoms with E-state index in [9.17, 15) is 50.8 Å². The molecule has 2 aliphatic rings. The number of benzene rings is 2. The maximum Gasteiger partial charge on any atom is 0.229 e. The van der Waals surface area contributed by atoms with E-state index in [-0.39, 0.29) is 33.8 Å². The van der Waals surface area contributed by atoms with Gasteiger partial charge < -0.3 is 69.3 Å². The first-order chi connectivity index (χ1) is 19.9. The van der Waals surface area contributed by atoms with Crippen molar-refractivity contribution in [3.63, 3.8) is 0 Å². The smallest absolute Gasteiger partial charge is 0.229 e. The molecule has 3 aromatic rings. The van der Waals surface area contributed by atoms with Crippen LogP contribution in [0.3, 0.4) is 0 Å². The lowest BCUT2D eigenvalue weighted by molar-refractivity contribution is -0.354.